The van der Waals surface area contributed by atoms with E-state index in [4.69, 9.17) is 4.74 Å². The number of aromatic amines is 1. The van der Waals surface area contributed by atoms with Crippen LogP contribution in [0.4, 0.5) is 4.39 Å². The number of nitrogens with zero attached hydrogens (tertiary/aromatic N) is 2. The van der Waals surface area contributed by atoms with Crippen molar-refractivity contribution in [3.8, 4) is 0 Å². The molecule has 2 aliphatic heterocycles. The quantitative estimate of drug-likeness (QED) is 0.808. The number of fused-ring (bicyclic) bond motifs is 4. The van der Waals surface area contributed by atoms with Crippen molar-refractivity contribution in [3.63, 3.8) is 0 Å². The summed E-state index contributed by atoms with van der Waals surface area (Å²) in [6, 6.07) is 5.13. The van der Waals surface area contributed by atoms with Crippen LogP contribution >= 0.6 is 0 Å². The summed E-state index contributed by atoms with van der Waals surface area (Å²) in [6.45, 7) is 1.11. The number of pyridine rings is 1. The molecule has 0 aliphatic carbocycles. The average Bonchev–Trinajstić information content (AvgIpc) is 2.80. The number of amides is 2. The number of likely N-dealkylation sites (N-methyl/N-ethyl adjacent to an activating group) is 1. The van der Waals surface area contributed by atoms with Gasteiger partial charge in [0.25, 0.3) is 5.91 Å². The van der Waals surface area contributed by atoms with E-state index < -0.39 is 23.1 Å². The number of hydrogen-bond donors (Lipinski definition) is 1. The Bertz CT molecular complexity index is 957. The second kappa shape index (κ2) is 6.21. The zero-order valence-corrected chi connectivity index (χ0v) is 14.2. The number of hydrogen-bond acceptors (Lipinski definition) is 4. The summed E-state index contributed by atoms with van der Waals surface area (Å²) in [5, 5.41) is 0.192. The average molecular weight is 359 g/mol. The van der Waals surface area contributed by atoms with E-state index in [9.17, 15) is 18.8 Å². The summed E-state index contributed by atoms with van der Waals surface area (Å²) in [6.07, 6.45) is 0. The molecular weight excluding hydrogens is 341 g/mol. The van der Waals surface area contributed by atoms with E-state index in [0.29, 0.717) is 13.2 Å². The molecule has 4 rings (SSSR count). The molecule has 1 aromatic heterocycles. The Hall–Kier alpha value is -2.74. The molecule has 0 saturated carbocycles. The van der Waals surface area contributed by atoms with Gasteiger partial charge in [-0.3, -0.25) is 14.4 Å². The Morgan fingerprint density at radius 3 is 2.88 bits per heavy atom. The number of carbonyl (C=O) groups excluding carboxylic acids is 2. The number of rotatable bonds is 1. The number of ether oxygens (including phenoxy) is 1. The lowest BCUT2D eigenvalue weighted by Crippen LogP contribution is -2.45. The van der Waals surface area contributed by atoms with Crippen LogP contribution < -0.4 is 5.43 Å². The van der Waals surface area contributed by atoms with Gasteiger partial charge in [-0.1, -0.05) is 6.07 Å². The van der Waals surface area contributed by atoms with Crippen LogP contribution in [0.5, 0.6) is 0 Å². The van der Waals surface area contributed by atoms with Gasteiger partial charge in [0.05, 0.1) is 30.7 Å². The molecule has 1 aromatic carbocycles. The van der Waals surface area contributed by atoms with Crippen LogP contribution in [0.3, 0.4) is 0 Å². The van der Waals surface area contributed by atoms with Gasteiger partial charge in [0.2, 0.25) is 5.91 Å². The van der Waals surface area contributed by atoms with Crippen molar-refractivity contribution in [1.82, 2.24) is 14.8 Å². The molecule has 1 N–H and O–H groups in total. The third-order valence-electron chi connectivity index (χ3n) is 5.08. The minimum absolute atomic E-state index is 0.00916. The monoisotopic (exact) mass is 359 g/mol. The Morgan fingerprint density at radius 1 is 1.27 bits per heavy atom. The Labute approximate surface area is 148 Å². The normalized spacial score (nSPS) is 23.2. The Kier molecular flexibility index (Phi) is 3.99. The highest BCUT2D eigenvalue weighted by Gasteiger charge is 2.39. The SMILES string of the molecule is CN1C(=O)[C@H]2COC[C@@H]1CN(C(=O)c1cc(=O)c3cccc(F)c3[nH]1)C2. The Morgan fingerprint density at radius 2 is 2.08 bits per heavy atom. The number of nitrogens with one attached hydrogen (secondary N) is 1. The van der Waals surface area contributed by atoms with Crippen molar-refractivity contribution in [2.75, 3.05) is 33.4 Å². The van der Waals surface area contributed by atoms with Crippen LogP contribution in [-0.4, -0.2) is 66.0 Å². The number of para-hydroxylation sites is 1. The molecule has 2 bridgehead atoms. The van der Waals surface area contributed by atoms with Gasteiger partial charge in [-0.2, -0.15) is 0 Å². The molecular formula is C18H18FN3O4. The zero-order chi connectivity index (χ0) is 18.4. The fourth-order valence-electron chi connectivity index (χ4n) is 3.59. The topological polar surface area (TPSA) is 82.7 Å². The first-order valence-electron chi connectivity index (χ1n) is 8.41. The van der Waals surface area contributed by atoms with Crippen LogP contribution in [0.2, 0.25) is 0 Å². The standard InChI is InChI=1S/C18H18FN3O4/c1-21-11-7-22(6-10(17(21)24)8-26-9-11)18(25)14-5-15(23)12-3-2-4-13(19)16(12)20-14/h2-5,10-11H,6-9H2,1H3,(H,20,23)/t10-,11+/m1/s1. The minimum atomic E-state index is -0.592. The molecule has 2 fully saturated rings. The van der Waals surface area contributed by atoms with E-state index in [1.54, 1.807) is 11.9 Å². The first-order chi connectivity index (χ1) is 12.5. The Balaban J connectivity index is 1.72. The molecule has 0 radical (unpaired) electrons. The molecule has 2 aliphatic rings. The van der Waals surface area contributed by atoms with E-state index in [-0.39, 0.29) is 41.7 Å². The first kappa shape index (κ1) is 16.7. The molecule has 7 nitrogen and oxygen atoms in total. The van der Waals surface area contributed by atoms with Crippen molar-refractivity contribution in [3.05, 3.63) is 46.0 Å². The van der Waals surface area contributed by atoms with Crippen LogP contribution in [0, 0.1) is 11.7 Å². The molecule has 26 heavy (non-hydrogen) atoms. The number of aromatic nitrogens is 1. The lowest BCUT2D eigenvalue weighted by molar-refractivity contribution is -0.133. The predicted molar refractivity (Wildman–Crippen MR) is 91.3 cm³/mol. The van der Waals surface area contributed by atoms with Crippen LogP contribution in [-0.2, 0) is 9.53 Å². The maximum Gasteiger partial charge on any atom is 0.270 e. The second-order valence-electron chi connectivity index (χ2n) is 6.76. The largest absolute Gasteiger partial charge is 0.378 e. The smallest absolute Gasteiger partial charge is 0.270 e. The zero-order valence-electron chi connectivity index (χ0n) is 14.2. The summed E-state index contributed by atoms with van der Waals surface area (Å²) in [5.74, 6) is -1.52. The summed E-state index contributed by atoms with van der Waals surface area (Å²) < 4.78 is 19.6. The third kappa shape index (κ3) is 2.66. The molecule has 2 atom stereocenters. The summed E-state index contributed by atoms with van der Waals surface area (Å²) in [4.78, 5) is 43.5. The number of halogens is 1. The molecule has 3 heterocycles. The molecule has 0 spiro atoms. The summed E-state index contributed by atoms with van der Waals surface area (Å²) in [7, 11) is 1.70. The van der Waals surface area contributed by atoms with Gasteiger partial charge in [-0.15, -0.1) is 0 Å². The third-order valence-corrected chi connectivity index (χ3v) is 5.08. The van der Waals surface area contributed by atoms with E-state index >= 15 is 0 Å². The van der Waals surface area contributed by atoms with Crippen LogP contribution in [0.15, 0.2) is 29.1 Å². The summed E-state index contributed by atoms with van der Waals surface area (Å²) >= 11 is 0. The maximum atomic E-state index is 14.0. The van der Waals surface area contributed by atoms with Gasteiger partial charge < -0.3 is 19.5 Å². The summed E-state index contributed by atoms with van der Waals surface area (Å²) in [5.41, 5.74) is -0.397. The molecule has 136 valence electrons. The predicted octanol–water partition coefficient (Wildman–Crippen LogP) is 0.596. The number of carbonyl (C=O) groups is 2. The second-order valence-corrected chi connectivity index (χ2v) is 6.76. The lowest BCUT2D eigenvalue weighted by atomic mass is 10.1. The van der Waals surface area contributed by atoms with E-state index in [1.807, 2.05) is 0 Å². The van der Waals surface area contributed by atoms with Gasteiger partial charge in [0.1, 0.15) is 11.5 Å². The van der Waals surface area contributed by atoms with Crippen molar-refractivity contribution in [2.45, 2.75) is 6.04 Å². The van der Waals surface area contributed by atoms with Crippen LogP contribution in [0.1, 0.15) is 10.5 Å². The fourth-order valence-corrected chi connectivity index (χ4v) is 3.59. The highest BCUT2D eigenvalue weighted by molar-refractivity contribution is 5.95. The first-order valence-corrected chi connectivity index (χ1v) is 8.41. The van der Waals surface area contributed by atoms with E-state index in [2.05, 4.69) is 4.98 Å². The molecule has 2 saturated heterocycles. The van der Waals surface area contributed by atoms with Gasteiger partial charge in [0, 0.05) is 31.6 Å². The molecule has 8 heteroatoms. The van der Waals surface area contributed by atoms with Gasteiger partial charge in [-0.05, 0) is 12.1 Å². The van der Waals surface area contributed by atoms with Gasteiger partial charge >= 0.3 is 0 Å². The highest BCUT2D eigenvalue weighted by Crippen LogP contribution is 2.21. The molecule has 0 unspecified atom stereocenters. The van der Waals surface area contributed by atoms with E-state index in [1.165, 1.54) is 29.2 Å². The maximum absolute atomic E-state index is 14.0. The lowest BCUT2D eigenvalue weighted by Gasteiger charge is -2.29. The molecule has 2 amide bonds. The van der Waals surface area contributed by atoms with Gasteiger partial charge in [0.15, 0.2) is 5.43 Å². The van der Waals surface area contributed by atoms with E-state index in [0.717, 1.165) is 0 Å². The van der Waals surface area contributed by atoms with Crippen LogP contribution in [0.25, 0.3) is 10.9 Å². The molecule has 2 aromatic rings. The number of H-pyrrole nitrogens is 1. The van der Waals surface area contributed by atoms with Crippen molar-refractivity contribution >= 4 is 22.7 Å². The number of benzene rings is 1. The van der Waals surface area contributed by atoms with Gasteiger partial charge in [-0.25, -0.2) is 4.39 Å². The fraction of sp³-hybridized carbons (Fsp3) is 0.389. The minimum Gasteiger partial charge on any atom is -0.378 e. The van der Waals surface area contributed by atoms with Crippen molar-refractivity contribution in [2.24, 2.45) is 5.92 Å². The van der Waals surface area contributed by atoms with Crippen molar-refractivity contribution in [1.29, 1.82) is 0 Å². The van der Waals surface area contributed by atoms with Crippen molar-refractivity contribution < 1.29 is 18.7 Å². The highest BCUT2D eigenvalue weighted by atomic mass is 19.1.